The summed E-state index contributed by atoms with van der Waals surface area (Å²) in [6.07, 6.45) is -1.14. The van der Waals surface area contributed by atoms with Crippen molar-refractivity contribution in [3.8, 4) is 0 Å². The van der Waals surface area contributed by atoms with Gasteiger partial charge < -0.3 is 5.32 Å². The average molecular weight is 369 g/mol. The number of hydrogen-bond donors (Lipinski definition) is 1. The van der Waals surface area contributed by atoms with Crippen LogP contribution in [-0.4, -0.2) is 31.1 Å². The highest BCUT2D eigenvalue weighted by molar-refractivity contribution is 6.32. The Morgan fingerprint density at radius 1 is 1.22 bits per heavy atom. The van der Waals surface area contributed by atoms with Crippen LogP contribution in [0.3, 0.4) is 0 Å². The fourth-order valence-electron chi connectivity index (χ4n) is 3.16. The molecule has 0 spiro atoms. The molecule has 0 unspecified atom stereocenters. The van der Waals surface area contributed by atoms with Crippen LogP contribution in [0.15, 0.2) is 18.2 Å². The summed E-state index contributed by atoms with van der Waals surface area (Å²) in [5.41, 5.74) is -0.0899. The van der Waals surface area contributed by atoms with Crippen molar-refractivity contribution in [3.05, 3.63) is 34.3 Å². The van der Waals surface area contributed by atoms with E-state index < -0.39 is 11.7 Å². The molecule has 2 fully saturated rings. The Hall–Kier alpha value is -0.490. The molecule has 2 aliphatic rings. The molecule has 0 bridgehead atoms. The number of benzene rings is 1. The maximum absolute atomic E-state index is 13.1. The third-order valence-corrected chi connectivity index (χ3v) is 4.96. The molecule has 1 heterocycles. The minimum atomic E-state index is -4.40. The van der Waals surface area contributed by atoms with E-state index in [0.29, 0.717) is 11.5 Å². The van der Waals surface area contributed by atoms with Gasteiger partial charge in [-0.2, -0.15) is 13.2 Å². The number of nitrogens with zero attached hydrogens (tertiary/aromatic N) is 1. The first-order chi connectivity index (χ1) is 10.5. The van der Waals surface area contributed by atoms with Gasteiger partial charge in [0.1, 0.15) is 0 Å². The van der Waals surface area contributed by atoms with Crippen LogP contribution in [0.4, 0.5) is 13.2 Å². The Bertz CT molecular complexity index is 527. The van der Waals surface area contributed by atoms with Gasteiger partial charge in [-0.3, -0.25) is 4.90 Å². The number of halogens is 5. The Labute approximate surface area is 145 Å². The van der Waals surface area contributed by atoms with Crippen molar-refractivity contribution in [3.63, 3.8) is 0 Å². The fourth-order valence-corrected chi connectivity index (χ4v) is 3.52. The molecule has 1 aliphatic heterocycles. The number of nitrogens with one attached hydrogen (secondary N) is 1. The van der Waals surface area contributed by atoms with Gasteiger partial charge in [-0.05, 0) is 24.0 Å². The van der Waals surface area contributed by atoms with E-state index in [9.17, 15) is 13.2 Å². The van der Waals surface area contributed by atoms with Crippen LogP contribution in [0.1, 0.15) is 36.4 Å². The van der Waals surface area contributed by atoms with E-state index in [4.69, 9.17) is 11.6 Å². The summed E-state index contributed by atoms with van der Waals surface area (Å²) in [6, 6.07) is 4.29. The fraction of sp³-hybridized carbons (Fsp3) is 0.625. The van der Waals surface area contributed by atoms with Crippen LogP contribution in [0.5, 0.6) is 0 Å². The molecule has 1 aliphatic carbocycles. The zero-order chi connectivity index (χ0) is 15.7. The smallest absolute Gasteiger partial charge is 0.314 e. The average Bonchev–Trinajstić information content (AvgIpc) is 3.29. The largest absolute Gasteiger partial charge is 0.417 e. The monoisotopic (exact) mass is 368 g/mol. The number of rotatable bonds is 4. The minimum absolute atomic E-state index is 0. The summed E-state index contributed by atoms with van der Waals surface area (Å²) in [5.74, 6) is 0.630. The zero-order valence-corrected chi connectivity index (χ0v) is 14.3. The van der Waals surface area contributed by atoms with Gasteiger partial charge in [-0.1, -0.05) is 36.6 Å². The lowest BCUT2D eigenvalue weighted by Gasteiger charge is -2.36. The van der Waals surface area contributed by atoms with E-state index in [1.807, 2.05) is 0 Å². The molecule has 1 N–H and O–H groups in total. The molecule has 1 aromatic carbocycles. The molecule has 130 valence electrons. The molecule has 0 amide bonds. The summed E-state index contributed by atoms with van der Waals surface area (Å²) >= 11 is 6.15. The van der Waals surface area contributed by atoms with Gasteiger partial charge in [-0.15, -0.1) is 12.4 Å². The van der Waals surface area contributed by atoms with E-state index in [2.05, 4.69) is 10.2 Å². The Morgan fingerprint density at radius 2 is 1.87 bits per heavy atom. The van der Waals surface area contributed by atoms with Gasteiger partial charge in [-0.25, -0.2) is 0 Å². The van der Waals surface area contributed by atoms with Crippen molar-refractivity contribution in [2.24, 2.45) is 5.92 Å². The van der Waals surface area contributed by atoms with Gasteiger partial charge in [0.2, 0.25) is 0 Å². The highest BCUT2D eigenvalue weighted by Crippen LogP contribution is 2.44. The lowest BCUT2D eigenvalue weighted by molar-refractivity contribution is -0.137. The second-order valence-corrected chi connectivity index (χ2v) is 6.57. The van der Waals surface area contributed by atoms with E-state index in [-0.39, 0.29) is 23.5 Å². The third kappa shape index (κ3) is 4.53. The van der Waals surface area contributed by atoms with E-state index >= 15 is 0 Å². The molecule has 23 heavy (non-hydrogen) atoms. The molecule has 1 saturated carbocycles. The second-order valence-electron chi connectivity index (χ2n) is 6.19. The Balaban J connectivity index is 0.00000192. The zero-order valence-electron chi connectivity index (χ0n) is 12.7. The van der Waals surface area contributed by atoms with Crippen LogP contribution in [0, 0.1) is 5.92 Å². The van der Waals surface area contributed by atoms with Crippen molar-refractivity contribution in [1.29, 1.82) is 0 Å². The minimum Gasteiger partial charge on any atom is -0.314 e. The summed E-state index contributed by atoms with van der Waals surface area (Å²) < 4.78 is 39.3. The molecule has 0 aromatic heterocycles. The predicted octanol–water partition coefficient (Wildman–Crippen LogP) is 4.53. The summed E-state index contributed by atoms with van der Waals surface area (Å²) in [6.45, 7) is 3.45. The van der Waals surface area contributed by atoms with Crippen LogP contribution in [0.2, 0.25) is 5.02 Å². The molecule has 1 saturated heterocycles. The topological polar surface area (TPSA) is 15.3 Å². The molecule has 0 radical (unpaired) electrons. The Kier molecular flexibility index (Phi) is 6.22. The van der Waals surface area contributed by atoms with Crippen molar-refractivity contribution in [2.45, 2.75) is 31.5 Å². The standard InChI is InChI=1S/C16H20ClF3N2.ClH/c17-15-12(2-1-3-13(15)16(18,19)20)14(10-11-4-5-11)22-8-6-21-7-9-22;/h1-3,11,14,21H,4-10H2;1H/t14-;/m0./s1. The predicted molar refractivity (Wildman–Crippen MR) is 88.2 cm³/mol. The van der Waals surface area contributed by atoms with Gasteiger partial charge >= 0.3 is 6.18 Å². The van der Waals surface area contributed by atoms with Gasteiger partial charge in [0.15, 0.2) is 0 Å². The lowest BCUT2D eigenvalue weighted by Crippen LogP contribution is -2.45. The van der Waals surface area contributed by atoms with Crippen LogP contribution < -0.4 is 5.32 Å². The SMILES string of the molecule is Cl.FC(F)(F)c1cccc([C@H](CC2CC2)N2CCNCC2)c1Cl. The Morgan fingerprint density at radius 3 is 2.43 bits per heavy atom. The van der Waals surface area contributed by atoms with Gasteiger partial charge in [0, 0.05) is 32.2 Å². The van der Waals surface area contributed by atoms with Crippen molar-refractivity contribution < 1.29 is 13.2 Å². The molecule has 1 aromatic rings. The normalized spacial score (nSPS) is 20.9. The first-order valence-corrected chi connectivity index (χ1v) is 8.15. The first-order valence-electron chi connectivity index (χ1n) is 7.77. The van der Waals surface area contributed by atoms with Crippen molar-refractivity contribution in [1.82, 2.24) is 10.2 Å². The highest BCUT2D eigenvalue weighted by atomic mass is 35.5. The van der Waals surface area contributed by atoms with E-state index in [0.717, 1.165) is 38.7 Å². The number of hydrogen-bond acceptors (Lipinski definition) is 2. The number of alkyl halides is 3. The molecule has 2 nitrogen and oxygen atoms in total. The lowest BCUT2D eigenvalue weighted by atomic mass is 9.96. The van der Waals surface area contributed by atoms with Crippen molar-refractivity contribution >= 4 is 24.0 Å². The molecular formula is C16H21Cl2F3N2. The van der Waals surface area contributed by atoms with Crippen LogP contribution in [-0.2, 0) is 6.18 Å². The molecule has 3 rings (SSSR count). The van der Waals surface area contributed by atoms with E-state index in [1.54, 1.807) is 6.07 Å². The molecular weight excluding hydrogens is 348 g/mol. The maximum atomic E-state index is 13.1. The summed E-state index contributed by atoms with van der Waals surface area (Å²) in [5, 5.41) is 3.16. The quantitative estimate of drug-likeness (QED) is 0.839. The molecule has 1 atom stereocenters. The van der Waals surface area contributed by atoms with Crippen LogP contribution >= 0.6 is 24.0 Å². The van der Waals surface area contributed by atoms with Gasteiger partial charge in [0.25, 0.3) is 0 Å². The number of piperazine rings is 1. The van der Waals surface area contributed by atoms with Crippen LogP contribution in [0.25, 0.3) is 0 Å². The summed E-state index contributed by atoms with van der Waals surface area (Å²) in [4.78, 5) is 2.27. The summed E-state index contributed by atoms with van der Waals surface area (Å²) in [7, 11) is 0. The third-order valence-electron chi connectivity index (χ3n) is 4.54. The molecule has 7 heteroatoms. The maximum Gasteiger partial charge on any atom is 0.417 e. The first kappa shape index (κ1) is 18.8. The highest BCUT2D eigenvalue weighted by Gasteiger charge is 2.37. The van der Waals surface area contributed by atoms with Crippen molar-refractivity contribution in [2.75, 3.05) is 26.2 Å². The second kappa shape index (κ2) is 7.60. The van der Waals surface area contributed by atoms with E-state index in [1.165, 1.54) is 18.9 Å². The van der Waals surface area contributed by atoms with Gasteiger partial charge in [0.05, 0.1) is 10.6 Å².